The number of amides is 2. The highest BCUT2D eigenvalue weighted by Crippen LogP contribution is 2.39. The molecule has 3 aromatic rings. The molecule has 0 spiro atoms. The van der Waals surface area contributed by atoms with Crippen LogP contribution in [-0.2, 0) is 9.53 Å². The first kappa shape index (κ1) is 34.0. The van der Waals surface area contributed by atoms with Gasteiger partial charge in [-0.15, -0.1) is 0 Å². The minimum Gasteiger partial charge on any atom is -0.495 e. The van der Waals surface area contributed by atoms with Crippen LogP contribution in [0.4, 0.5) is 10.5 Å². The second kappa shape index (κ2) is 16.0. The summed E-state index contributed by atoms with van der Waals surface area (Å²) in [7, 11) is 1.58. The summed E-state index contributed by atoms with van der Waals surface area (Å²) in [5.41, 5.74) is 4.67. The summed E-state index contributed by atoms with van der Waals surface area (Å²) in [4.78, 5) is 28.3. The third-order valence-corrected chi connectivity index (χ3v) is 9.67. The van der Waals surface area contributed by atoms with Crippen LogP contribution in [0.2, 0.25) is 0 Å². The molecular weight excluding hydrogens is 594 g/mol. The minimum atomic E-state index is -0.526. The molecule has 0 aliphatic heterocycles. The topological polar surface area (TPSA) is 130 Å². The number of alkyl carbamates (subject to hydrolysis) is 1. The molecule has 0 radical (unpaired) electrons. The fraction of sp³-hybridized carbons (Fsp3) is 0.514. The zero-order chi connectivity index (χ0) is 33.3. The van der Waals surface area contributed by atoms with Crippen LogP contribution in [0.3, 0.4) is 0 Å². The van der Waals surface area contributed by atoms with Crippen molar-refractivity contribution in [3.05, 3.63) is 66.0 Å². The normalized spacial score (nSPS) is 21.1. The highest BCUT2D eigenvalue weighted by atomic mass is 16.6. The van der Waals surface area contributed by atoms with Gasteiger partial charge in [0.05, 0.1) is 25.5 Å². The SMILES string of the molecule is COc1ccc(C2CCC(CN(C(=O)C3CCC(OC(=O)NCCO)CC3)c3cccc(-c4cnn(C(C)C)c4)c3)CC2)cc1C#N. The average molecular weight is 642 g/mol. The van der Waals surface area contributed by atoms with Crippen molar-refractivity contribution in [1.82, 2.24) is 15.1 Å². The van der Waals surface area contributed by atoms with Crippen molar-refractivity contribution in [1.29, 1.82) is 5.26 Å². The van der Waals surface area contributed by atoms with Gasteiger partial charge in [-0.25, -0.2) is 4.79 Å². The number of methoxy groups -OCH3 is 1. The molecular formula is C37H47N5O5. The molecule has 5 rings (SSSR count). The molecule has 0 unspecified atom stereocenters. The molecule has 1 aromatic heterocycles. The molecule has 250 valence electrons. The van der Waals surface area contributed by atoms with Gasteiger partial charge in [0.25, 0.3) is 0 Å². The number of benzene rings is 2. The molecule has 1 heterocycles. The third-order valence-electron chi connectivity index (χ3n) is 9.67. The van der Waals surface area contributed by atoms with E-state index in [1.807, 2.05) is 46.2 Å². The summed E-state index contributed by atoms with van der Waals surface area (Å²) in [6.07, 6.45) is 9.71. The van der Waals surface area contributed by atoms with Gasteiger partial charge in [-0.1, -0.05) is 18.2 Å². The highest BCUT2D eigenvalue weighted by Gasteiger charge is 2.34. The van der Waals surface area contributed by atoms with E-state index in [0.717, 1.165) is 42.5 Å². The van der Waals surface area contributed by atoms with Crippen LogP contribution in [0.15, 0.2) is 54.9 Å². The van der Waals surface area contributed by atoms with Gasteiger partial charge in [0.2, 0.25) is 5.91 Å². The lowest BCUT2D eigenvalue weighted by atomic mass is 9.78. The fourth-order valence-corrected chi connectivity index (χ4v) is 6.95. The van der Waals surface area contributed by atoms with Crippen LogP contribution in [0.25, 0.3) is 11.1 Å². The quantitative estimate of drug-likeness (QED) is 0.241. The number of nitrogens with zero attached hydrogens (tertiary/aromatic N) is 4. The van der Waals surface area contributed by atoms with Gasteiger partial charge in [-0.05, 0) is 112 Å². The predicted octanol–water partition coefficient (Wildman–Crippen LogP) is 6.60. The maximum absolute atomic E-state index is 14.3. The Hall–Kier alpha value is -4.36. The molecule has 2 saturated carbocycles. The van der Waals surface area contributed by atoms with Crippen molar-refractivity contribution in [2.75, 3.05) is 31.7 Å². The molecule has 2 N–H and O–H groups in total. The van der Waals surface area contributed by atoms with Crippen LogP contribution in [0, 0.1) is 23.2 Å². The predicted molar refractivity (Wildman–Crippen MR) is 180 cm³/mol. The summed E-state index contributed by atoms with van der Waals surface area (Å²) in [6, 6.07) is 16.6. The maximum atomic E-state index is 14.3. The fourth-order valence-electron chi connectivity index (χ4n) is 6.95. The lowest BCUT2D eigenvalue weighted by Crippen LogP contribution is -2.42. The standard InChI is InChI=1S/C37H47N5O5/c1-25(2)42-24-32(22-40-42)29-5-4-6-33(20-29)41(36(44)28-11-14-34(15-12-28)47-37(45)39-17-18-43)23-26-7-9-27(10-8-26)30-13-16-35(46-3)31(19-30)21-38/h4-6,13,16,19-20,22,24-28,34,43H,7-12,14-15,17-18,23H2,1-3H3,(H,39,45). The number of rotatable bonds is 11. The number of ether oxygens (including phenoxy) is 2. The second-order valence-electron chi connectivity index (χ2n) is 13.1. The van der Waals surface area contributed by atoms with Crippen molar-refractivity contribution >= 4 is 17.7 Å². The Labute approximate surface area is 277 Å². The molecule has 10 nitrogen and oxygen atoms in total. The zero-order valence-corrected chi connectivity index (χ0v) is 27.7. The second-order valence-corrected chi connectivity index (χ2v) is 13.1. The Kier molecular flexibility index (Phi) is 11.5. The number of anilines is 1. The lowest BCUT2D eigenvalue weighted by Gasteiger charge is -2.36. The zero-order valence-electron chi connectivity index (χ0n) is 27.7. The Morgan fingerprint density at radius 3 is 2.49 bits per heavy atom. The van der Waals surface area contributed by atoms with E-state index >= 15 is 0 Å². The van der Waals surface area contributed by atoms with Gasteiger partial charge in [-0.3, -0.25) is 9.48 Å². The number of carbonyl (C=O) groups excluding carboxylic acids is 2. The van der Waals surface area contributed by atoms with Gasteiger partial charge in [-0.2, -0.15) is 10.4 Å². The maximum Gasteiger partial charge on any atom is 0.407 e. The number of aliphatic hydroxyl groups excluding tert-OH is 1. The van der Waals surface area contributed by atoms with Crippen LogP contribution in [-0.4, -0.2) is 59.8 Å². The smallest absolute Gasteiger partial charge is 0.407 e. The van der Waals surface area contributed by atoms with E-state index in [1.165, 1.54) is 5.56 Å². The number of nitrogens with one attached hydrogen (secondary N) is 1. The van der Waals surface area contributed by atoms with Crippen LogP contribution in [0.1, 0.15) is 88.3 Å². The summed E-state index contributed by atoms with van der Waals surface area (Å²) < 4.78 is 12.8. The molecule has 0 bridgehead atoms. The van der Waals surface area contributed by atoms with Crippen molar-refractivity contribution in [3.8, 4) is 22.9 Å². The number of aromatic nitrogens is 2. The largest absolute Gasteiger partial charge is 0.495 e. The van der Waals surface area contributed by atoms with E-state index in [0.29, 0.717) is 55.4 Å². The van der Waals surface area contributed by atoms with Crippen LogP contribution >= 0.6 is 0 Å². The van der Waals surface area contributed by atoms with E-state index in [4.69, 9.17) is 14.6 Å². The number of hydrogen-bond acceptors (Lipinski definition) is 7. The van der Waals surface area contributed by atoms with E-state index in [-0.39, 0.29) is 37.1 Å². The number of carbonyl (C=O) groups is 2. The van der Waals surface area contributed by atoms with E-state index in [1.54, 1.807) is 7.11 Å². The average Bonchev–Trinajstić information content (AvgIpc) is 3.61. The van der Waals surface area contributed by atoms with Crippen LogP contribution < -0.4 is 15.0 Å². The lowest BCUT2D eigenvalue weighted by molar-refractivity contribution is -0.124. The molecule has 47 heavy (non-hydrogen) atoms. The Morgan fingerprint density at radius 1 is 1.06 bits per heavy atom. The van der Waals surface area contributed by atoms with Gasteiger partial charge in [0, 0.05) is 42.5 Å². The summed E-state index contributed by atoms with van der Waals surface area (Å²) in [5.74, 6) is 1.30. The number of hydrogen-bond donors (Lipinski definition) is 2. The van der Waals surface area contributed by atoms with E-state index < -0.39 is 6.09 Å². The van der Waals surface area contributed by atoms with Crippen molar-refractivity contribution in [2.45, 2.75) is 83.3 Å². The number of aliphatic hydroxyl groups is 1. The summed E-state index contributed by atoms with van der Waals surface area (Å²) in [5, 5.41) is 25.6. The minimum absolute atomic E-state index is 0.124. The number of nitriles is 1. The van der Waals surface area contributed by atoms with Crippen molar-refractivity contribution < 1.29 is 24.2 Å². The van der Waals surface area contributed by atoms with Gasteiger partial charge >= 0.3 is 6.09 Å². The molecule has 2 amide bonds. The molecule has 2 aromatic carbocycles. The van der Waals surface area contributed by atoms with Crippen molar-refractivity contribution in [3.63, 3.8) is 0 Å². The Balaban J connectivity index is 1.30. The van der Waals surface area contributed by atoms with Crippen LogP contribution in [0.5, 0.6) is 5.75 Å². The van der Waals surface area contributed by atoms with E-state index in [9.17, 15) is 14.9 Å². The first-order chi connectivity index (χ1) is 22.8. The Bertz CT molecular complexity index is 1550. The van der Waals surface area contributed by atoms with E-state index in [2.05, 4.69) is 48.5 Å². The highest BCUT2D eigenvalue weighted by molar-refractivity contribution is 5.95. The molecule has 0 atom stereocenters. The third kappa shape index (κ3) is 8.52. The first-order valence-corrected chi connectivity index (χ1v) is 16.9. The molecule has 10 heteroatoms. The summed E-state index contributed by atoms with van der Waals surface area (Å²) in [6.45, 7) is 4.86. The molecule has 0 saturated heterocycles. The van der Waals surface area contributed by atoms with Gasteiger partial charge < -0.3 is 24.8 Å². The van der Waals surface area contributed by atoms with Gasteiger partial charge in [0.1, 0.15) is 17.9 Å². The van der Waals surface area contributed by atoms with Crippen molar-refractivity contribution in [2.24, 2.45) is 11.8 Å². The molecule has 2 aliphatic carbocycles. The first-order valence-electron chi connectivity index (χ1n) is 16.9. The summed E-state index contributed by atoms with van der Waals surface area (Å²) >= 11 is 0. The monoisotopic (exact) mass is 641 g/mol. The molecule has 2 aliphatic rings. The van der Waals surface area contributed by atoms with Gasteiger partial charge in [0.15, 0.2) is 0 Å². The molecule has 2 fully saturated rings. The Morgan fingerprint density at radius 2 is 1.83 bits per heavy atom.